The number of hydrogen-bond acceptors (Lipinski definition) is 7. The molecule has 0 amide bonds. The zero-order chi connectivity index (χ0) is 13.9. The summed E-state index contributed by atoms with van der Waals surface area (Å²) in [6, 6.07) is -0.408. The summed E-state index contributed by atoms with van der Waals surface area (Å²) in [5, 5.41) is 38.2. The molecule has 1 aliphatic rings. The van der Waals surface area contributed by atoms with Gasteiger partial charge in [-0.05, 0) is 0 Å². The van der Waals surface area contributed by atoms with Crippen molar-refractivity contribution in [1.82, 2.24) is 20.9 Å². The van der Waals surface area contributed by atoms with Crippen LogP contribution in [0.4, 0.5) is 0 Å². The van der Waals surface area contributed by atoms with E-state index in [1.807, 2.05) is 4.90 Å². The molecule has 0 aromatic carbocycles. The number of rotatable bonds is 4. The zero-order valence-corrected chi connectivity index (χ0v) is 11.5. The van der Waals surface area contributed by atoms with Crippen molar-refractivity contribution in [2.45, 2.75) is 19.6 Å². The van der Waals surface area contributed by atoms with Crippen molar-refractivity contribution in [3.8, 4) is 0 Å². The summed E-state index contributed by atoms with van der Waals surface area (Å²) in [7, 11) is 0. The van der Waals surface area contributed by atoms with Crippen molar-refractivity contribution in [2.24, 2.45) is 0 Å². The third-order valence-electron chi connectivity index (χ3n) is 3.40. The van der Waals surface area contributed by atoms with Crippen LogP contribution in [0.25, 0.3) is 0 Å². The second-order valence-corrected chi connectivity index (χ2v) is 4.79. The fraction of sp³-hybridized carbons (Fsp3) is 1.00. The summed E-state index contributed by atoms with van der Waals surface area (Å²) >= 11 is 0. The van der Waals surface area contributed by atoms with Gasteiger partial charge in [0, 0.05) is 52.4 Å². The molecular formula is C13H32N4O3. The minimum Gasteiger partial charge on any atom is -0.395 e. The summed E-state index contributed by atoms with van der Waals surface area (Å²) in [4.78, 5) is 2.02. The molecule has 1 rings (SSSR count). The van der Waals surface area contributed by atoms with Crippen LogP contribution in [0.2, 0.25) is 0 Å². The standard InChI is InChI=1S/C12H28N4O3.CH4/c17-9-11(12(19)10-18)16-7-5-14-3-1-13-2-4-15-6-8-16;/h11-15,17-19H,1-10H2;1H4. The molecule has 0 aromatic rings. The molecule has 0 bridgehead atoms. The molecule has 7 heteroatoms. The van der Waals surface area contributed by atoms with Crippen molar-refractivity contribution in [2.75, 3.05) is 65.6 Å². The summed E-state index contributed by atoms with van der Waals surface area (Å²) in [5.41, 5.74) is 0. The van der Waals surface area contributed by atoms with E-state index < -0.39 is 12.1 Å². The van der Waals surface area contributed by atoms with Crippen LogP contribution in [0.15, 0.2) is 0 Å². The Morgan fingerprint density at radius 3 is 1.65 bits per heavy atom. The summed E-state index contributed by atoms with van der Waals surface area (Å²) in [6.45, 7) is 6.28. The van der Waals surface area contributed by atoms with E-state index in [2.05, 4.69) is 16.0 Å². The van der Waals surface area contributed by atoms with Gasteiger partial charge in [-0.3, -0.25) is 4.90 Å². The summed E-state index contributed by atoms with van der Waals surface area (Å²) in [5.74, 6) is 0. The van der Waals surface area contributed by atoms with Crippen molar-refractivity contribution >= 4 is 0 Å². The van der Waals surface area contributed by atoms with E-state index in [9.17, 15) is 10.2 Å². The van der Waals surface area contributed by atoms with E-state index in [1.165, 1.54) is 0 Å². The zero-order valence-electron chi connectivity index (χ0n) is 11.5. The topological polar surface area (TPSA) is 100 Å². The highest BCUT2D eigenvalue weighted by molar-refractivity contribution is 4.79. The third-order valence-corrected chi connectivity index (χ3v) is 3.40. The van der Waals surface area contributed by atoms with E-state index in [-0.39, 0.29) is 20.6 Å². The predicted octanol–water partition coefficient (Wildman–Crippen LogP) is -2.58. The maximum Gasteiger partial charge on any atom is 0.0947 e. The SMILES string of the molecule is C.OCC(O)C(CO)N1CCNCCNCCNCC1. The maximum absolute atomic E-state index is 9.76. The molecule has 0 aliphatic carbocycles. The Morgan fingerprint density at radius 2 is 1.25 bits per heavy atom. The molecule has 1 saturated heterocycles. The van der Waals surface area contributed by atoms with Crippen LogP contribution in [0.5, 0.6) is 0 Å². The molecule has 0 radical (unpaired) electrons. The number of aliphatic hydroxyl groups is 3. The molecule has 0 aromatic heterocycles. The first-order valence-corrected chi connectivity index (χ1v) is 7.05. The second-order valence-electron chi connectivity index (χ2n) is 4.79. The summed E-state index contributed by atoms with van der Waals surface area (Å²) in [6.07, 6.45) is -0.903. The molecule has 20 heavy (non-hydrogen) atoms. The van der Waals surface area contributed by atoms with Crippen LogP contribution >= 0.6 is 0 Å². The average Bonchev–Trinajstić information content (AvgIpc) is 2.41. The van der Waals surface area contributed by atoms with E-state index in [4.69, 9.17) is 5.11 Å². The molecule has 6 N–H and O–H groups in total. The smallest absolute Gasteiger partial charge is 0.0947 e. The van der Waals surface area contributed by atoms with Gasteiger partial charge in [0.1, 0.15) is 0 Å². The predicted molar refractivity (Wildman–Crippen MR) is 80.9 cm³/mol. The van der Waals surface area contributed by atoms with Gasteiger partial charge < -0.3 is 31.3 Å². The van der Waals surface area contributed by atoms with Crippen LogP contribution in [-0.4, -0.2) is 97.9 Å². The molecular weight excluding hydrogens is 260 g/mol. The largest absolute Gasteiger partial charge is 0.395 e. The lowest BCUT2D eigenvalue weighted by molar-refractivity contribution is -0.0124. The number of hydrogen-bond donors (Lipinski definition) is 6. The summed E-state index contributed by atoms with van der Waals surface area (Å²) < 4.78 is 0. The lowest BCUT2D eigenvalue weighted by Gasteiger charge is -2.33. The van der Waals surface area contributed by atoms with Crippen molar-refractivity contribution < 1.29 is 15.3 Å². The van der Waals surface area contributed by atoms with E-state index in [1.54, 1.807) is 0 Å². The number of aliphatic hydroxyl groups excluding tert-OH is 3. The van der Waals surface area contributed by atoms with E-state index in [0.29, 0.717) is 0 Å². The molecule has 2 unspecified atom stereocenters. The lowest BCUT2D eigenvalue weighted by atomic mass is 10.1. The van der Waals surface area contributed by atoms with Crippen LogP contribution in [0.1, 0.15) is 7.43 Å². The first-order chi connectivity index (χ1) is 9.29. The van der Waals surface area contributed by atoms with Gasteiger partial charge in [0.05, 0.1) is 25.4 Å². The van der Waals surface area contributed by atoms with Crippen molar-refractivity contribution in [1.29, 1.82) is 0 Å². The Hall–Kier alpha value is -0.280. The molecule has 1 fully saturated rings. The lowest BCUT2D eigenvalue weighted by Crippen LogP contribution is -2.52. The highest BCUT2D eigenvalue weighted by Gasteiger charge is 2.24. The van der Waals surface area contributed by atoms with Gasteiger partial charge in [-0.1, -0.05) is 7.43 Å². The monoisotopic (exact) mass is 292 g/mol. The Balaban J connectivity index is 0.00000361. The average molecular weight is 292 g/mol. The molecule has 7 nitrogen and oxygen atoms in total. The Bertz CT molecular complexity index is 210. The van der Waals surface area contributed by atoms with E-state index in [0.717, 1.165) is 52.4 Å². The highest BCUT2D eigenvalue weighted by Crippen LogP contribution is 2.04. The quantitative estimate of drug-likeness (QED) is 0.338. The Labute approximate surface area is 122 Å². The number of nitrogens with zero attached hydrogens (tertiary/aromatic N) is 1. The third kappa shape index (κ3) is 7.49. The minimum atomic E-state index is -0.903. The Kier molecular flexibility index (Phi) is 12.3. The van der Waals surface area contributed by atoms with Gasteiger partial charge in [-0.2, -0.15) is 0 Å². The molecule has 1 aliphatic heterocycles. The fourth-order valence-electron chi connectivity index (χ4n) is 2.22. The van der Waals surface area contributed by atoms with Crippen LogP contribution < -0.4 is 16.0 Å². The van der Waals surface area contributed by atoms with Crippen LogP contribution in [0.3, 0.4) is 0 Å². The van der Waals surface area contributed by atoms with Gasteiger partial charge >= 0.3 is 0 Å². The first kappa shape index (κ1) is 19.7. The van der Waals surface area contributed by atoms with Gasteiger partial charge in [0.15, 0.2) is 0 Å². The highest BCUT2D eigenvalue weighted by atomic mass is 16.3. The van der Waals surface area contributed by atoms with Gasteiger partial charge in [0.2, 0.25) is 0 Å². The van der Waals surface area contributed by atoms with Crippen LogP contribution in [0, 0.1) is 0 Å². The molecule has 1 heterocycles. The van der Waals surface area contributed by atoms with E-state index >= 15 is 0 Å². The second kappa shape index (κ2) is 12.5. The number of nitrogens with one attached hydrogen (secondary N) is 3. The maximum atomic E-state index is 9.76. The molecule has 0 saturated carbocycles. The minimum absolute atomic E-state index is 0. The van der Waals surface area contributed by atoms with Gasteiger partial charge in [0.25, 0.3) is 0 Å². The van der Waals surface area contributed by atoms with Gasteiger partial charge in [-0.25, -0.2) is 0 Å². The molecule has 0 spiro atoms. The first-order valence-electron chi connectivity index (χ1n) is 7.05. The van der Waals surface area contributed by atoms with Crippen LogP contribution in [-0.2, 0) is 0 Å². The molecule has 122 valence electrons. The van der Waals surface area contributed by atoms with Crippen molar-refractivity contribution in [3.05, 3.63) is 0 Å². The normalized spacial score (nSPS) is 22.9. The Morgan fingerprint density at radius 1 is 0.800 bits per heavy atom. The molecule has 2 atom stereocenters. The fourth-order valence-corrected chi connectivity index (χ4v) is 2.22. The van der Waals surface area contributed by atoms with Crippen molar-refractivity contribution in [3.63, 3.8) is 0 Å². The van der Waals surface area contributed by atoms with Gasteiger partial charge in [-0.15, -0.1) is 0 Å².